The number of methoxy groups -OCH3 is 1. The first kappa shape index (κ1) is 15.0. The first-order valence-electron chi connectivity index (χ1n) is 5.97. The number of amides is 1. The molecule has 112 valence electrons. The van der Waals surface area contributed by atoms with Crippen LogP contribution in [0.4, 0.5) is 5.69 Å². The molecule has 0 bridgehead atoms. The number of aromatic nitrogens is 4. The van der Waals surface area contributed by atoms with E-state index >= 15 is 0 Å². The molecule has 0 fully saturated rings. The quantitative estimate of drug-likeness (QED) is 0.859. The normalized spacial score (nSPS) is 10.5. The number of carbonyl (C=O) groups is 2. The summed E-state index contributed by atoms with van der Waals surface area (Å²) in [6, 6.07) is 0. The summed E-state index contributed by atoms with van der Waals surface area (Å²) in [6.45, 7) is 1.67. The number of esters is 1. The summed E-state index contributed by atoms with van der Waals surface area (Å²) in [4.78, 5) is 24.0. The standard InChI is InChI=1S/C12H14ClN5O3/c1-6-8(10(12(20)21-4)18(3)15-6)14-11(19)9-7(13)5-17(2)16-9/h5H,1-4H3,(H,14,19). The van der Waals surface area contributed by atoms with Gasteiger partial charge in [-0.1, -0.05) is 11.6 Å². The van der Waals surface area contributed by atoms with Crippen LogP contribution in [0.5, 0.6) is 0 Å². The first-order valence-corrected chi connectivity index (χ1v) is 6.35. The van der Waals surface area contributed by atoms with Crippen LogP contribution in [0.2, 0.25) is 5.02 Å². The van der Waals surface area contributed by atoms with E-state index in [1.54, 1.807) is 21.0 Å². The number of hydrogen-bond donors (Lipinski definition) is 1. The number of anilines is 1. The van der Waals surface area contributed by atoms with Gasteiger partial charge in [0.15, 0.2) is 11.4 Å². The number of carbonyl (C=O) groups excluding carboxylic acids is 2. The highest BCUT2D eigenvalue weighted by Gasteiger charge is 2.24. The molecule has 0 saturated carbocycles. The van der Waals surface area contributed by atoms with Gasteiger partial charge in [0.05, 0.1) is 23.5 Å². The van der Waals surface area contributed by atoms with Crippen molar-refractivity contribution in [1.29, 1.82) is 0 Å². The number of nitrogens with zero attached hydrogens (tertiary/aromatic N) is 4. The average Bonchev–Trinajstić information content (AvgIpc) is 2.88. The number of aryl methyl sites for hydroxylation is 3. The van der Waals surface area contributed by atoms with E-state index in [9.17, 15) is 9.59 Å². The molecule has 2 heterocycles. The van der Waals surface area contributed by atoms with Crippen LogP contribution in [-0.4, -0.2) is 38.5 Å². The average molecular weight is 312 g/mol. The molecule has 8 nitrogen and oxygen atoms in total. The molecule has 2 rings (SSSR count). The Morgan fingerprint density at radius 2 is 2.00 bits per heavy atom. The Morgan fingerprint density at radius 3 is 2.52 bits per heavy atom. The van der Waals surface area contributed by atoms with E-state index in [4.69, 9.17) is 11.6 Å². The fraction of sp³-hybridized carbons (Fsp3) is 0.333. The first-order chi connectivity index (χ1) is 9.85. The van der Waals surface area contributed by atoms with Gasteiger partial charge in [-0.15, -0.1) is 0 Å². The predicted octanol–water partition coefficient (Wildman–Crippen LogP) is 1.15. The van der Waals surface area contributed by atoms with Crippen LogP contribution in [0.25, 0.3) is 0 Å². The number of halogens is 1. The highest BCUT2D eigenvalue weighted by Crippen LogP contribution is 2.22. The lowest BCUT2D eigenvalue weighted by Gasteiger charge is -2.06. The van der Waals surface area contributed by atoms with Crippen LogP contribution in [0.1, 0.15) is 26.7 Å². The Kier molecular flexibility index (Phi) is 3.99. The fourth-order valence-electron chi connectivity index (χ4n) is 1.92. The summed E-state index contributed by atoms with van der Waals surface area (Å²) in [5, 5.41) is 10.9. The molecule has 2 aromatic heterocycles. The Labute approximate surface area is 125 Å². The predicted molar refractivity (Wildman–Crippen MR) is 75.5 cm³/mol. The molecule has 2 aromatic rings. The molecule has 0 aliphatic rings. The van der Waals surface area contributed by atoms with Crippen molar-refractivity contribution >= 4 is 29.2 Å². The van der Waals surface area contributed by atoms with Gasteiger partial charge in [0.25, 0.3) is 5.91 Å². The number of ether oxygens (including phenoxy) is 1. The van der Waals surface area contributed by atoms with Crippen LogP contribution < -0.4 is 5.32 Å². The molecule has 1 N–H and O–H groups in total. The molecule has 21 heavy (non-hydrogen) atoms. The van der Waals surface area contributed by atoms with Crippen molar-refractivity contribution in [2.24, 2.45) is 14.1 Å². The lowest BCUT2D eigenvalue weighted by molar-refractivity contribution is 0.0589. The second-order valence-electron chi connectivity index (χ2n) is 4.38. The molecule has 0 radical (unpaired) electrons. The molecule has 0 unspecified atom stereocenters. The van der Waals surface area contributed by atoms with Crippen molar-refractivity contribution in [1.82, 2.24) is 19.6 Å². The Morgan fingerprint density at radius 1 is 1.33 bits per heavy atom. The maximum atomic E-state index is 12.2. The molecule has 0 atom stereocenters. The van der Waals surface area contributed by atoms with E-state index in [-0.39, 0.29) is 22.1 Å². The van der Waals surface area contributed by atoms with Crippen LogP contribution in [0, 0.1) is 6.92 Å². The summed E-state index contributed by atoms with van der Waals surface area (Å²) in [5.41, 5.74) is 0.975. The van der Waals surface area contributed by atoms with E-state index in [1.807, 2.05) is 0 Å². The minimum absolute atomic E-state index is 0.0678. The van der Waals surface area contributed by atoms with Gasteiger partial charge in [-0.2, -0.15) is 10.2 Å². The van der Waals surface area contributed by atoms with E-state index in [0.29, 0.717) is 5.69 Å². The zero-order chi connectivity index (χ0) is 15.7. The van der Waals surface area contributed by atoms with Gasteiger partial charge in [-0.25, -0.2) is 4.79 Å². The summed E-state index contributed by atoms with van der Waals surface area (Å²) >= 11 is 5.92. The van der Waals surface area contributed by atoms with E-state index < -0.39 is 11.9 Å². The van der Waals surface area contributed by atoms with Crippen LogP contribution in [-0.2, 0) is 18.8 Å². The Bertz CT molecular complexity index is 719. The van der Waals surface area contributed by atoms with Crippen molar-refractivity contribution in [2.75, 3.05) is 12.4 Å². The lowest BCUT2D eigenvalue weighted by atomic mass is 10.2. The second kappa shape index (κ2) is 5.57. The van der Waals surface area contributed by atoms with Crippen molar-refractivity contribution in [2.45, 2.75) is 6.92 Å². The largest absolute Gasteiger partial charge is 0.464 e. The molecule has 0 spiro atoms. The summed E-state index contributed by atoms with van der Waals surface area (Å²) in [6.07, 6.45) is 1.51. The SMILES string of the molecule is COC(=O)c1c(NC(=O)c2nn(C)cc2Cl)c(C)nn1C. The van der Waals surface area contributed by atoms with E-state index in [0.717, 1.165) is 0 Å². The monoisotopic (exact) mass is 311 g/mol. The van der Waals surface area contributed by atoms with Crippen molar-refractivity contribution in [3.63, 3.8) is 0 Å². The molecule has 0 saturated heterocycles. The minimum Gasteiger partial charge on any atom is -0.464 e. The van der Waals surface area contributed by atoms with Crippen LogP contribution in [0.3, 0.4) is 0 Å². The van der Waals surface area contributed by atoms with Crippen LogP contribution in [0.15, 0.2) is 6.20 Å². The van der Waals surface area contributed by atoms with Gasteiger partial charge in [0, 0.05) is 20.3 Å². The van der Waals surface area contributed by atoms with Gasteiger partial charge in [0.1, 0.15) is 0 Å². The Hall–Kier alpha value is -2.35. The zero-order valence-electron chi connectivity index (χ0n) is 12.0. The van der Waals surface area contributed by atoms with Crippen molar-refractivity contribution < 1.29 is 14.3 Å². The summed E-state index contributed by atoms with van der Waals surface area (Å²) in [7, 11) is 4.49. The lowest BCUT2D eigenvalue weighted by Crippen LogP contribution is -2.17. The van der Waals surface area contributed by atoms with E-state index in [1.165, 1.54) is 22.7 Å². The smallest absolute Gasteiger partial charge is 0.358 e. The molecular weight excluding hydrogens is 298 g/mol. The fourth-order valence-corrected chi connectivity index (χ4v) is 2.19. The van der Waals surface area contributed by atoms with Gasteiger partial charge < -0.3 is 10.1 Å². The Balaban J connectivity index is 2.38. The van der Waals surface area contributed by atoms with Gasteiger partial charge in [0.2, 0.25) is 0 Å². The van der Waals surface area contributed by atoms with Gasteiger partial charge in [-0.05, 0) is 6.92 Å². The maximum absolute atomic E-state index is 12.2. The molecule has 1 amide bonds. The summed E-state index contributed by atoms with van der Waals surface area (Å²) < 4.78 is 7.46. The molecule has 9 heteroatoms. The number of rotatable bonds is 3. The number of hydrogen-bond acceptors (Lipinski definition) is 5. The molecule has 0 aromatic carbocycles. The topological polar surface area (TPSA) is 91.0 Å². The maximum Gasteiger partial charge on any atom is 0.358 e. The van der Waals surface area contributed by atoms with Crippen LogP contribution >= 0.6 is 11.6 Å². The van der Waals surface area contributed by atoms with Crippen molar-refractivity contribution in [3.8, 4) is 0 Å². The third-order valence-corrected chi connectivity index (χ3v) is 3.12. The van der Waals surface area contributed by atoms with E-state index in [2.05, 4.69) is 20.3 Å². The number of nitrogens with one attached hydrogen (secondary N) is 1. The third kappa shape index (κ3) is 2.75. The van der Waals surface area contributed by atoms with Gasteiger partial charge >= 0.3 is 5.97 Å². The zero-order valence-corrected chi connectivity index (χ0v) is 12.7. The second-order valence-corrected chi connectivity index (χ2v) is 4.78. The molecule has 0 aliphatic carbocycles. The molecule has 0 aliphatic heterocycles. The highest BCUT2D eigenvalue weighted by atomic mass is 35.5. The molecular formula is C12H14ClN5O3. The highest BCUT2D eigenvalue weighted by molar-refractivity contribution is 6.34. The summed E-state index contributed by atoms with van der Waals surface area (Å²) in [5.74, 6) is -1.12. The van der Waals surface area contributed by atoms with Gasteiger partial charge in [-0.3, -0.25) is 14.2 Å². The van der Waals surface area contributed by atoms with Crippen molar-refractivity contribution in [3.05, 3.63) is 28.3 Å². The third-order valence-electron chi connectivity index (χ3n) is 2.84. The minimum atomic E-state index is -0.597.